The van der Waals surface area contributed by atoms with Crippen molar-refractivity contribution in [2.45, 2.75) is 31.7 Å². The number of nitrogens with zero attached hydrogens (tertiary/aromatic N) is 2. The van der Waals surface area contributed by atoms with Crippen molar-refractivity contribution in [3.05, 3.63) is 90.0 Å². The predicted molar refractivity (Wildman–Crippen MR) is 149 cm³/mol. The molecule has 1 saturated heterocycles. The molecule has 1 aliphatic rings. The zero-order chi connectivity index (χ0) is 26.9. The molecule has 0 spiro atoms. The lowest BCUT2D eigenvalue weighted by Crippen LogP contribution is -2.38. The van der Waals surface area contributed by atoms with Crippen molar-refractivity contribution in [2.24, 2.45) is 16.6 Å². The molecule has 0 saturated carbocycles. The number of carbonyl (C=O) groups is 2. The van der Waals surface area contributed by atoms with Gasteiger partial charge < -0.3 is 20.1 Å². The van der Waals surface area contributed by atoms with Crippen molar-refractivity contribution in [1.29, 1.82) is 0 Å². The maximum absolute atomic E-state index is 13.2. The van der Waals surface area contributed by atoms with E-state index < -0.39 is 0 Å². The van der Waals surface area contributed by atoms with Crippen LogP contribution < -0.4 is 10.5 Å². The van der Waals surface area contributed by atoms with Gasteiger partial charge in [0.05, 0.1) is 25.5 Å². The topological polar surface area (TPSA) is 94.2 Å². The lowest BCUT2D eigenvalue weighted by atomic mass is 10.0. The molecule has 3 aromatic carbocycles. The third kappa shape index (κ3) is 6.79. The number of methoxy groups -OCH3 is 1. The summed E-state index contributed by atoms with van der Waals surface area (Å²) < 4.78 is 10.9. The number of carbonyl (C=O) groups excluding carboxylic acids is 2. The highest BCUT2D eigenvalue weighted by Gasteiger charge is 2.40. The van der Waals surface area contributed by atoms with E-state index in [4.69, 9.17) is 15.2 Å². The molecule has 0 aromatic heterocycles. The van der Waals surface area contributed by atoms with Crippen molar-refractivity contribution >= 4 is 17.7 Å². The van der Waals surface area contributed by atoms with Crippen LogP contribution in [0, 0.1) is 5.92 Å². The minimum Gasteiger partial charge on any atom is -0.491 e. The molecule has 38 heavy (non-hydrogen) atoms. The SMILES string of the molecule is CN=C(N)c1ccc(-c2ccc(OC[C@@H]3C[C@@H](CC(=O)OC)C(=O)N3CCCc3ccccc3)cc2)cc1. The number of amidine groups is 1. The molecule has 2 N–H and O–H groups in total. The smallest absolute Gasteiger partial charge is 0.306 e. The number of aliphatic imine (C=N–C) groups is 1. The van der Waals surface area contributed by atoms with Gasteiger partial charge in [0.25, 0.3) is 0 Å². The van der Waals surface area contributed by atoms with Crippen LogP contribution in [-0.2, 0) is 20.7 Å². The number of esters is 1. The molecule has 198 valence electrons. The van der Waals surface area contributed by atoms with Gasteiger partial charge in [0, 0.05) is 19.2 Å². The average Bonchev–Trinajstić information content (AvgIpc) is 3.25. The second-order valence-electron chi connectivity index (χ2n) is 9.51. The van der Waals surface area contributed by atoms with Crippen molar-refractivity contribution in [3.8, 4) is 16.9 Å². The summed E-state index contributed by atoms with van der Waals surface area (Å²) in [6, 6.07) is 26.0. The van der Waals surface area contributed by atoms with Crippen LogP contribution in [0.4, 0.5) is 0 Å². The van der Waals surface area contributed by atoms with Crippen LogP contribution in [0.2, 0.25) is 0 Å². The van der Waals surface area contributed by atoms with Gasteiger partial charge in [-0.15, -0.1) is 0 Å². The summed E-state index contributed by atoms with van der Waals surface area (Å²) >= 11 is 0. The van der Waals surface area contributed by atoms with Crippen LogP contribution in [0.1, 0.15) is 30.4 Å². The van der Waals surface area contributed by atoms with Gasteiger partial charge in [-0.05, 0) is 48.1 Å². The first kappa shape index (κ1) is 26.9. The monoisotopic (exact) mass is 513 g/mol. The molecule has 7 heteroatoms. The number of hydrogen-bond acceptors (Lipinski definition) is 5. The lowest BCUT2D eigenvalue weighted by molar-refractivity contribution is -0.144. The van der Waals surface area contributed by atoms with E-state index in [0.29, 0.717) is 25.4 Å². The summed E-state index contributed by atoms with van der Waals surface area (Å²) in [6.07, 6.45) is 2.42. The molecule has 4 rings (SSSR count). The molecule has 0 bridgehead atoms. The summed E-state index contributed by atoms with van der Waals surface area (Å²) in [7, 11) is 3.03. The Kier molecular flexibility index (Phi) is 9.14. The fraction of sp³-hybridized carbons (Fsp3) is 0.323. The predicted octanol–water partition coefficient (Wildman–Crippen LogP) is 4.48. The van der Waals surface area contributed by atoms with Gasteiger partial charge in [0.1, 0.15) is 18.2 Å². The molecule has 1 aliphatic heterocycles. The molecule has 0 unspecified atom stereocenters. The molecule has 3 aromatic rings. The number of benzene rings is 3. The van der Waals surface area contributed by atoms with Crippen LogP contribution in [0.25, 0.3) is 11.1 Å². The van der Waals surface area contributed by atoms with Gasteiger partial charge >= 0.3 is 5.97 Å². The molecule has 7 nitrogen and oxygen atoms in total. The zero-order valence-corrected chi connectivity index (χ0v) is 22.0. The van der Waals surface area contributed by atoms with E-state index >= 15 is 0 Å². The summed E-state index contributed by atoms with van der Waals surface area (Å²) in [4.78, 5) is 30.9. The molecule has 1 heterocycles. The normalized spacial score (nSPS) is 17.5. The van der Waals surface area contributed by atoms with Crippen LogP contribution in [0.15, 0.2) is 83.9 Å². The molecule has 2 atom stereocenters. The quantitative estimate of drug-likeness (QED) is 0.232. The van der Waals surface area contributed by atoms with Gasteiger partial charge in [-0.1, -0.05) is 66.7 Å². The summed E-state index contributed by atoms with van der Waals surface area (Å²) in [5, 5.41) is 0. The number of nitrogens with two attached hydrogens (primary N) is 1. The Bertz CT molecular complexity index is 1240. The first-order valence-electron chi connectivity index (χ1n) is 13.0. The number of rotatable bonds is 11. The molecule has 1 fully saturated rings. The Hall–Kier alpha value is -4.13. The van der Waals surface area contributed by atoms with Crippen LogP contribution in [0.3, 0.4) is 0 Å². The van der Waals surface area contributed by atoms with Crippen LogP contribution in [-0.4, -0.2) is 56.0 Å². The molecule has 0 radical (unpaired) electrons. The standard InChI is InChI=1S/C31H35N3O4/c1-33-30(32)25-12-10-23(11-13-25)24-14-16-28(17-15-24)38-21-27-19-26(20-29(35)37-2)31(36)34(27)18-6-9-22-7-4-3-5-8-22/h3-5,7-8,10-17,26-27H,6,9,18-21H2,1-2H3,(H2,32,33)/t26-,27-/m0/s1. The third-order valence-electron chi connectivity index (χ3n) is 7.03. The summed E-state index contributed by atoms with van der Waals surface area (Å²) in [5.41, 5.74) is 10.2. The first-order valence-corrected chi connectivity index (χ1v) is 13.0. The highest BCUT2D eigenvalue weighted by Crippen LogP contribution is 2.29. The number of ether oxygens (including phenoxy) is 2. The minimum atomic E-state index is -0.370. The number of amides is 1. The van der Waals surface area contributed by atoms with Gasteiger partial charge in [0.2, 0.25) is 5.91 Å². The summed E-state index contributed by atoms with van der Waals surface area (Å²) in [6.45, 7) is 1.00. The van der Waals surface area contributed by atoms with E-state index in [1.54, 1.807) is 7.05 Å². The van der Waals surface area contributed by atoms with E-state index in [2.05, 4.69) is 17.1 Å². The van der Waals surface area contributed by atoms with Crippen molar-refractivity contribution in [1.82, 2.24) is 4.90 Å². The van der Waals surface area contributed by atoms with Crippen molar-refractivity contribution < 1.29 is 19.1 Å². The van der Waals surface area contributed by atoms with E-state index in [9.17, 15) is 9.59 Å². The van der Waals surface area contributed by atoms with Gasteiger partial charge in [-0.2, -0.15) is 0 Å². The zero-order valence-electron chi connectivity index (χ0n) is 22.0. The third-order valence-corrected chi connectivity index (χ3v) is 7.03. The molecule has 1 amide bonds. The number of aryl methyl sites for hydroxylation is 1. The second-order valence-corrected chi connectivity index (χ2v) is 9.51. The van der Waals surface area contributed by atoms with E-state index in [-0.39, 0.29) is 30.3 Å². The van der Waals surface area contributed by atoms with Gasteiger partial charge in [-0.3, -0.25) is 14.6 Å². The minimum absolute atomic E-state index is 0.00427. The highest BCUT2D eigenvalue weighted by atomic mass is 16.5. The molecular weight excluding hydrogens is 478 g/mol. The largest absolute Gasteiger partial charge is 0.491 e. The second kappa shape index (κ2) is 12.9. The Morgan fingerprint density at radius 1 is 1.00 bits per heavy atom. The van der Waals surface area contributed by atoms with Crippen LogP contribution in [0.5, 0.6) is 5.75 Å². The highest BCUT2D eigenvalue weighted by molar-refractivity contribution is 5.97. The summed E-state index contributed by atoms with van der Waals surface area (Å²) in [5.74, 6) is 0.520. The van der Waals surface area contributed by atoms with Gasteiger partial charge in [-0.25, -0.2) is 0 Å². The van der Waals surface area contributed by atoms with E-state index in [1.165, 1.54) is 12.7 Å². The Labute approximate surface area is 224 Å². The fourth-order valence-corrected chi connectivity index (χ4v) is 4.87. The maximum Gasteiger partial charge on any atom is 0.306 e. The van der Waals surface area contributed by atoms with Gasteiger partial charge in [0.15, 0.2) is 0 Å². The molecular formula is C31H35N3O4. The Morgan fingerprint density at radius 2 is 1.66 bits per heavy atom. The van der Waals surface area contributed by atoms with Crippen LogP contribution >= 0.6 is 0 Å². The lowest BCUT2D eigenvalue weighted by Gasteiger charge is -2.25. The fourth-order valence-electron chi connectivity index (χ4n) is 4.87. The molecule has 0 aliphatic carbocycles. The van der Waals surface area contributed by atoms with E-state index in [1.807, 2.05) is 71.6 Å². The Balaban J connectivity index is 1.38. The number of likely N-dealkylation sites (tertiary alicyclic amines) is 1. The van der Waals surface area contributed by atoms with Crippen molar-refractivity contribution in [3.63, 3.8) is 0 Å². The first-order chi connectivity index (χ1) is 18.5. The van der Waals surface area contributed by atoms with E-state index in [0.717, 1.165) is 35.3 Å². The Morgan fingerprint density at radius 3 is 2.29 bits per heavy atom. The maximum atomic E-state index is 13.2. The average molecular weight is 514 g/mol. The number of hydrogen-bond donors (Lipinski definition) is 1. The van der Waals surface area contributed by atoms with Crippen molar-refractivity contribution in [2.75, 3.05) is 27.3 Å².